The Morgan fingerprint density at radius 1 is 0.885 bits per heavy atom. The third kappa shape index (κ3) is 3.47. The fourth-order valence-corrected chi connectivity index (χ4v) is 3.28. The molecule has 1 aliphatic heterocycles. The maximum Gasteiger partial charge on any atom is 0.252 e. The van der Waals surface area contributed by atoms with E-state index in [0.717, 1.165) is 31.7 Å². The number of para-hydroxylation sites is 1. The van der Waals surface area contributed by atoms with Crippen molar-refractivity contribution >= 4 is 11.6 Å². The molecule has 0 spiro atoms. The molecule has 132 valence electrons. The first kappa shape index (κ1) is 16.4. The summed E-state index contributed by atoms with van der Waals surface area (Å²) < 4.78 is 0. The molecule has 0 amide bonds. The van der Waals surface area contributed by atoms with Crippen molar-refractivity contribution < 1.29 is 0 Å². The number of anilines is 2. The van der Waals surface area contributed by atoms with Crippen LogP contribution in [0.25, 0.3) is 11.3 Å². The molecular formula is C21H22N4O. The quantitative estimate of drug-likeness (QED) is 0.792. The van der Waals surface area contributed by atoms with Gasteiger partial charge in [-0.1, -0.05) is 48.0 Å². The summed E-state index contributed by atoms with van der Waals surface area (Å²) in [6.45, 7) is 5.52. The van der Waals surface area contributed by atoms with Crippen LogP contribution in [0.1, 0.15) is 5.56 Å². The molecule has 1 aliphatic rings. The van der Waals surface area contributed by atoms with Crippen LogP contribution in [0, 0.1) is 6.92 Å². The predicted molar refractivity (Wildman–Crippen MR) is 106 cm³/mol. The highest BCUT2D eigenvalue weighted by Gasteiger charge is 2.19. The van der Waals surface area contributed by atoms with E-state index in [1.165, 1.54) is 11.3 Å². The summed E-state index contributed by atoms with van der Waals surface area (Å²) in [5, 5.41) is 0. The van der Waals surface area contributed by atoms with Gasteiger partial charge >= 0.3 is 0 Å². The molecule has 0 atom stereocenters. The maximum absolute atomic E-state index is 12.1. The second kappa shape index (κ2) is 7.04. The van der Waals surface area contributed by atoms with Crippen molar-refractivity contribution in [1.29, 1.82) is 0 Å². The SMILES string of the molecule is Cc1ccc(-c2cc(=O)[nH]c(N3CCN(c4ccccc4)CC3)n2)cc1. The topological polar surface area (TPSA) is 52.2 Å². The highest BCUT2D eigenvalue weighted by molar-refractivity contribution is 5.60. The Bertz CT molecular complexity index is 926. The lowest BCUT2D eigenvalue weighted by molar-refractivity contribution is 0.639. The van der Waals surface area contributed by atoms with Gasteiger partial charge in [-0.2, -0.15) is 0 Å². The van der Waals surface area contributed by atoms with Crippen LogP contribution >= 0.6 is 0 Å². The highest BCUT2D eigenvalue weighted by atomic mass is 16.1. The van der Waals surface area contributed by atoms with E-state index in [2.05, 4.69) is 39.0 Å². The van der Waals surface area contributed by atoms with Crippen LogP contribution in [-0.2, 0) is 0 Å². The van der Waals surface area contributed by atoms with Gasteiger partial charge in [0.25, 0.3) is 5.56 Å². The molecule has 5 heteroatoms. The van der Waals surface area contributed by atoms with Gasteiger partial charge in [-0.3, -0.25) is 9.78 Å². The molecule has 1 aromatic heterocycles. The van der Waals surface area contributed by atoms with Crippen LogP contribution in [0.4, 0.5) is 11.6 Å². The minimum atomic E-state index is -0.115. The Morgan fingerprint density at radius 2 is 1.54 bits per heavy atom. The molecule has 0 radical (unpaired) electrons. The van der Waals surface area contributed by atoms with Gasteiger partial charge in [0.2, 0.25) is 5.95 Å². The second-order valence-electron chi connectivity index (χ2n) is 6.63. The van der Waals surface area contributed by atoms with E-state index in [4.69, 9.17) is 4.98 Å². The molecule has 4 rings (SSSR count). The van der Waals surface area contributed by atoms with Crippen LogP contribution < -0.4 is 15.4 Å². The predicted octanol–water partition coefficient (Wildman–Crippen LogP) is 3.07. The number of piperazine rings is 1. The smallest absolute Gasteiger partial charge is 0.252 e. The molecule has 1 saturated heterocycles. The summed E-state index contributed by atoms with van der Waals surface area (Å²) in [5.41, 5.74) is 3.99. The molecule has 2 heterocycles. The molecule has 0 aliphatic carbocycles. The lowest BCUT2D eigenvalue weighted by Gasteiger charge is -2.36. The van der Waals surface area contributed by atoms with E-state index < -0.39 is 0 Å². The normalized spacial score (nSPS) is 14.5. The zero-order chi connectivity index (χ0) is 17.9. The van der Waals surface area contributed by atoms with E-state index in [1.807, 2.05) is 37.3 Å². The fourth-order valence-electron chi connectivity index (χ4n) is 3.28. The third-order valence-corrected chi connectivity index (χ3v) is 4.78. The number of hydrogen-bond acceptors (Lipinski definition) is 4. The van der Waals surface area contributed by atoms with Crippen molar-refractivity contribution in [2.24, 2.45) is 0 Å². The monoisotopic (exact) mass is 346 g/mol. The molecule has 2 aromatic carbocycles. The first-order chi connectivity index (χ1) is 12.7. The van der Waals surface area contributed by atoms with Gasteiger partial charge in [0, 0.05) is 43.5 Å². The summed E-state index contributed by atoms with van der Waals surface area (Å²) in [6, 6.07) is 20.1. The fraction of sp³-hybridized carbons (Fsp3) is 0.238. The number of nitrogens with zero attached hydrogens (tertiary/aromatic N) is 3. The van der Waals surface area contributed by atoms with Crippen molar-refractivity contribution in [2.75, 3.05) is 36.0 Å². The largest absolute Gasteiger partial charge is 0.368 e. The van der Waals surface area contributed by atoms with E-state index in [0.29, 0.717) is 11.6 Å². The van der Waals surface area contributed by atoms with Gasteiger partial charge in [0.1, 0.15) is 0 Å². The van der Waals surface area contributed by atoms with Gasteiger partial charge in [-0.25, -0.2) is 4.98 Å². The van der Waals surface area contributed by atoms with Crippen LogP contribution in [0.3, 0.4) is 0 Å². The molecule has 1 N–H and O–H groups in total. The van der Waals surface area contributed by atoms with Crippen LogP contribution in [-0.4, -0.2) is 36.1 Å². The average Bonchev–Trinajstić information content (AvgIpc) is 2.69. The van der Waals surface area contributed by atoms with E-state index in [-0.39, 0.29) is 5.56 Å². The number of H-pyrrole nitrogens is 1. The van der Waals surface area contributed by atoms with Crippen LogP contribution in [0.15, 0.2) is 65.5 Å². The van der Waals surface area contributed by atoms with E-state index >= 15 is 0 Å². The minimum Gasteiger partial charge on any atom is -0.368 e. The van der Waals surface area contributed by atoms with Crippen molar-refractivity contribution in [3.05, 3.63) is 76.6 Å². The summed E-state index contributed by atoms with van der Waals surface area (Å²) in [6.07, 6.45) is 0. The molecule has 5 nitrogen and oxygen atoms in total. The number of aryl methyl sites for hydroxylation is 1. The van der Waals surface area contributed by atoms with E-state index in [1.54, 1.807) is 6.07 Å². The Hall–Kier alpha value is -3.08. The minimum absolute atomic E-state index is 0.115. The average molecular weight is 346 g/mol. The number of aromatic nitrogens is 2. The van der Waals surface area contributed by atoms with E-state index in [9.17, 15) is 4.79 Å². The standard InChI is InChI=1S/C21H22N4O/c1-16-7-9-17(10-8-16)19-15-20(26)23-21(22-19)25-13-11-24(12-14-25)18-5-3-2-4-6-18/h2-10,15H,11-14H2,1H3,(H,22,23,26). The number of rotatable bonds is 3. The van der Waals surface area contributed by atoms with Crippen molar-refractivity contribution in [3.63, 3.8) is 0 Å². The number of nitrogens with one attached hydrogen (secondary N) is 1. The summed E-state index contributed by atoms with van der Waals surface area (Å²) in [7, 11) is 0. The molecule has 1 fully saturated rings. The Labute approximate surface area is 152 Å². The number of benzene rings is 2. The molecule has 0 saturated carbocycles. The summed E-state index contributed by atoms with van der Waals surface area (Å²) >= 11 is 0. The molecule has 3 aromatic rings. The van der Waals surface area contributed by atoms with Gasteiger partial charge in [-0.15, -0.1) is 0 Å². The molecule has 0 unspecified atom stereocenters. The zero-order valence-electron chi connectivity index (χ0n) is 14.9. The third-order valence-electron chi connectivity index (χ3n) is 4.78. The highest BCUT2D eigenvalue weighted by Crippen LogP contribution is 2.20. The van der Waals surface area contributed by atoms with Crippen molar-refractivity contribution in [3.8, 4) is 11.3 Å². The Kier molecular flexibility index (Phi) is 4.44. The van der Waals surface area contributed by atoms with Crippen molar-refractivity contribution in [2.45, 2.75) is 6.92 Å². The molecular weight excluding hydrogens is 324 g/mol. The van der Waals surface area contributed by atoms with Gasteiger partial charge < -0.3 is 9.80 Å². The maximum atomic E-state index is 12.1. The summed E-state index contributed by atoms with van der Waals surface area (Å²) in [4.78, 5) is 24.3. The van der Waals surface area contributed by atoms with Gasteiger partial charge in [0.05, 0.1) is 5.69 Å². The van der Waals surface area contributed by atoms with Crippen LogP contribution in [0.5, 0.6) is 0 Å². The van der Waals surface area contributed by atoms with Gasteiger partial charge in [-0.05, 0) is 19.1 Å². The second-order valence-corrected chi connectivity index (χ2v) is 6.63. The zero-order valence-corrected chi connectivity index (χ0v) is 14.9. The molecule has 26 heavy (non-hydrogen) atoms. The molecule has 0 bridgehead atoms. The Morgan fingerprint density at radius 3 is 2.23 bits per heavy atom. The van der Waals surface area contributed by atoms with Gasteiger partial charge in [0.15, 0.2) is 0 Å². The first-order valence-corrected chi connectivity index (χ1v) is 8.92. The number of hydrogen-bond donors (Lipinski definition) is 1. The van der Waals surface area contributed by atoms with Crippen molar-refractivity contribution in [1.82, 2.24) is 9.97 Å². The lowest BCUT2D eigenvalue weighted by Crippen LogP contribution is -2.47. The first-order valence-electron chi connectivity index (χ1n) is 8.92. The summed E-state index contributed by atoms with van der Waals surface area (Å²) in [5.74, 6) is 0.654. The Balaban J connectivity index is 1.54. The van der Waals surface area contributed by atoms with Crippen LogP contribution in [0.2, 0.25) is 0 Å². The lowest BCUT2D eigenvalue weighted by atomic mass is 10.1. The number of aromatic amines is 1.